The monoisotopic (exact) mass is 346 g/mol. The summed E-state index contributed by atoms with van der Waals surface area (Å²) in [4.78, 5) is 14.5. The van der Waals surface area contributed by atoms with E-state index in [0.717, 1.165) is 19.4 Å². The number of morpholine rings is 1. The average molecular weight is 346 g/mol. The lowest BCUT2D eigenvalue weighted by molar-refractivity contribution is -0.0975. The first-order valence-electron chi connectivity index (χ1n) is 9.36. The van der Waals surface area contributed by atoms with Crippen molar-refractivity contribution in [2.24, 2.45) is 11.8 Å². The fraction of sp³-hybridized carbons (Fsp3) is 0.650. The number of hydrogen-bond donors (Lipinski definition) is 1. The van der Waals surface area contributed by atoms with Crippen molar-refractivity contribution in [3.63, 3.8) is 0 Å². The third kappa shape index (κ3) is 4.73. The molecule has 1 aromatic rings. The van der Waals surface area contributed by atoms with E-state index in [4.69, 9.17) is 9.47 Å². The topological polar surface area (TPSA) is 50.8 Å². The lowest BCUT2D eigenvalue weighted by atomic mass is 9.89. The minimum atomic E-state index is -0.281. The van der Waals surface area contributed by atoms with Crippen LogP contribution in [-0.2, 0) is 15.9 Å². The largest absolute Gasteiger partial charge is 0.378 e. The molecule has 0 saturated carbocycles. The van der Waals surface area contributed by atoms with E-state index in [1.54, 1.807) is 0 Å². The number of nitrogens with one attached hydrogen (secondary N) is 1. The highest BCUT2D eigenvalue weighted by atomic mass is 16.6. The smallest absolute Gasteiger partial charge is 0.317 e. The number of carbonyl (C=O) groups is 1. The van der Waals surface area contributed by atoms with Gasteiger partial charge in [0.1, 0.15) is 5.60 Å². The van der Waals surface area contributed by atoms with Crippen molar-refractivity contribution in [1.82, 2.24) is 10.2 Å². The molecule has 138 valence electrons. The SMILES string of the molecule is CC(C)[C@@H](CNC(=O)N1CCO[C@]2(CCOC2)C1)Cc1ccccc1. The van der Waals surface area contributed by atoms with Crippen LogP contribution in [0.3, 0.4) is 0 Å². The number of ether oxygens (including phenoxy) is 2. The lowest BCUT2D eigenvalue weighted by Crippen LogP contribution is -2.56. The van der Waals surface area contributed by atoms with Crippen LogP contribution in [0.1, 0.15) is 25.8 Å². The number of amides is 2. The summed E-state index contributed by atoms with van der Waals surface area (Å²) < 4.78 is 11.4. The van der Waals surface area contributed by atoms with Gasteiger partial charge in [-0.25, -0.2) is 4.79 Å². The Balaban J connectivity index is 1.52. The van der Waals surface area contributed by atoms with E-state index in [1.807, 2.05) is 11.0 Å². The van der Waals surface area contributed by atoms with Crippen LogP contribution < -0.4 is 5.32 Å². The quantitative estimate of drug-likeness (QED) is 0.892. The van der Waals surface area contributed by atoms with E-state index in [2.05, 4.69) is 43.4 Å². The predicted molar refractivity (Wildman–Crippen MR) is 97.6 cm³/mol. The highest BCUT2D eigenvalue weighted by Gasteiger charge is 2.41. The summed E-state index contributed by atoms with van der Waals surface area (Å²) in [5.41, 5.74) is 1.04. The fourth-order valence-corrected chi connectivity index (χ4v) is 3.64. The Morgan fingerprint density at radius 2 is 2.08 bits per heavy atom. The molecule has 3 rings (SSSR count). The van der Waals surface area contributed by atoms with E-state index in [0.29, 0.717) is 44.7 Å². The Kier molecular flexibility index (Phi) is 5.97. The molecule has 1 N–H and O–H groups in total. The van der Waals surface area contributed by atoms with Gasteiger partial charge in [0.05, 0.1) is 19.8 Å². The van der Waals surface area contributed by atoms with E-state index in [1.165, 1.54) is 5.56 Å². The molecule has 5 nitrogen and oxygen atoms in total. The maximum Gasteiger partial charge on any atom is 0.317 e. The van der Waals surface area contributed by atoms with Crippen LogP contribution in [0.2, 0.25) is 0 Å². The molecule has 0 aromatic heterocycles. The Morgan fingerprint density at radius 3 is 2.76 bits per heavy atom. The van der Waals surface area contributed by atoms with Gasteiger partial charge in [-0.2, -0.15) is 0 Å². The molecule has 0 aliphatic carbocycles. The Bertz CT molecular complexity index is 555. The second-order valence-corrected chi connectivity index (χ2v) is 7.64. The van der Waals surface area contributed by atoms with Crippen LogP contribution in [-0.4, -0.2) is 56.0 Å². The number of hydrogen-bond acceptors (Lipinski definition) is 3. The van der Waals surface area contributed by atoms with Gasteiger partial charge in [0.2, 0.25) is 0 Å². The summed E-state index contributed by atoms with van der Waals surface area (Å²) in [5, 5.41) is 3.15. The number of rotatable bonds is 5. The summed E-state index contributed by atoms with van der Waals surface area (Å²) >= 11 is 0. The van der Waals surface area contributed by atoms with E-state index in [9.17, 15) is 4.79 Å². The van der Waals surface area contributed by atoms with Crippen molar-refractivity contribution in [2.45, 2.75) is 32.3 Å². The average Bonchev–Trinajstić information content (AvgIpc) is 3.06. The molecule has 1 aromatic carbocycles. The molecule has 2 atom stereocenters. The zero-order valence-electron chi connectivity index (χ0n) is 15.4. The van der Waals surface area contributed by atoms with Gasteiger partial charge in [0.15, 0.2) is 0 Å². The van der Waals surface area contributed by atoms with Crippen LogP contribution >= 0.6 is 0 Å². The zero-order chi connectivity index (χ0) is 17.7. The summed E-state index contributed by atoms with van der Waals surface area (Å²) in [6.45, 7) is 8.34. The van der Waals surface area contributed by atoms with Gasteiger partial charge in [-0.3, -0.25) is 0 Å². The first kappa shape index (κ1) is 18.2. The molecule has 2 heterocycles. The maximum absolute atomic E-state index is 12.6. The first-order valence-corrected chi connectivity index (χ1v) is 9.36. The Morgan fingerprint density at radius 1 is 1.28 bits per heavy atom. The summed E-state index contributed by atoms with van der Waals surface area (Å²) in [5.74, 6) is 0.941. The van der Waals surface area contributed by atoms with Crippen LogP contribution in [0.4, 0.5) is 4.79 Å². The van der Waals surface area contributed by atoms with E-state index in [-0.39, 0.29) is 11.6 Å². The minimum Gasteiger partial charge on any atom is -0.378 e. The van der Waals surface area contributed by atoms with Gasteiger partial charge in [-0.15, -0.1) is 0 Å². The number of carbonyl (C=O) groups excluding carboxylic acids is 1. The van der Waals surface area contributed by atoms with Gasteiger partial charge >= 0.3 is 6.03 Å². The number of nitrogens with zero attached hydrogens (tertiary/aromatic N) is 1. The van der Waals surface area contributed by atoms with Crippen LogP contribution in [0.5, 0.6) is 0 Å². The molecule has 25 heavy (non-hydrogen) atoms. The van der Waals surface area contributed by atoms with E-state index >= 15 is 0 Å². The van der Waals surface area contributed by atoms with Crippen LogP contribution in [0.25, 0.3) is 0 Å². The molecule has 5 heteroatoms. The first-order chi connectivity index (χ1) is 12.1. The summed E-state index contributed by atoms with van der Waals surface area (Å²) in [6, 6.07) is 10.5. The Labute approximate surface area is 150 Å². The van der Waals surface area contributed by atoms with Crippen molar-refractivity contribution < 1.29 is 14.3 Å². The lowest BCUT2D eigenvalue weighted by Gasteiger charge is -2.39. The standard InChI is InChI=1S/C20H30N2O3/c1-16(2)18(12-17-6-4-3-5-7-17)13-21-19(23)22-9-11-25-20(14-22)8-10-24-15-20/h3-7,16,18H,8-15H2,1-2H3,(H,21,23)/t18-,20-/m1/s1. The third-order valence-electron chi connectivity index (χ3n) is 5.40. The molecule has 0 radical (unpaired) electrons. The van der Waals surface area contributed by atoms with Gasteiger partial charge in [-0.1, -0.05) is 44.2 Å². The van der Waals surface area contributed by atoms with Crippen molar-refractivity contribution in [3.8, 4) is 0 Å². The fourth-order valence-electron chi connectivity index (χ4n) is 3.64. The molecule has 2 aliphatic heterocycles. The molecular weight excluding hydrogens is 316 g/mol. The highest BCUT2D eigenvalue weighted by Crippen LogP contribution is 2.27. The van der Waals surface area contributed by atoms with Gasteiger partial charge in [0, 0.05) is 26.1 Å². The Hall–Kier alpha value is -1.59. The molecule has 2 amide bonds. The normalized spacial score (nSPS) is 24.7. The zero-order valence-corrected chi connectivity index (χ0v) is 15.4. The molecular formula is C20H30N2O3. The summed E-state index contributed by atoms with van der Waals surface area (Å²) in [7, 11) is 0. The minimum absolute atomic E-state index is 0.0216. The van der Waals surface area contributed by atoms with Crippen LogP contribution in [0, 0.1) is 11.8 Å². The van der Waals surface area contributed by atoms with E-state index < -0.39 is 0 Å². The maximum atomic E-state index is 12.6. The number of benzene rings is 1. The second-order valence-electron chi connectivity index (χ2n) is 7.64. The second kappa shape index (κ2) is 8.19. The van der Waals surface area contributed by atoms with Crippen molar-refractivity contribution in [1.29, 1.82) is 0 Å². The van der Waals surface area contributed by atoms with Crippen LogP contribution in [0.15, 0.2) is 30.3 Å². The molecule has 0 bridgehead atoms. The molecule has 0 unspecified atom stereocenters. The van der Waals surface area contributed by atoms with Crippen molar-refractivity contribution in [3.05, 3.63) is 35.9 Å². The molecule has 2 fully saturated rings. The highest BCUT2D eigenvalue weighted by molar-refractivity contribution is 5.74. The third-order valence-corrected chi connectivity index (χ3v) is 5.40. The number of urea groups is 1. The molecule has 2 aliphatic rings. The molecule has 1 spiro atoms. The van der Waals surface area contributed by atoms with Gasteiger partial charge < -0.3 is 19.7 Å². The van der Waals surface area contributed by atoms with Crippen molar-refractivity contribution >= 4 is 6.03 Å². The van der Waals surface area contributed by atoms with Crippen molar-refractivity contribution in [2.75, 3.05) is 39.5 Å². The van der Waals surface area contributed by atoms with Gasteiger partial charge in [0.25, 0.3) is 0 Å². The summed E-state index contributed by atoms with van der Waals surface area (Å²) in [6.07, 6.45) is 1.86. The van der Waals surface area contributed by atoms with Gasteiger partial charge in [-0.05, 0) is 23.8 Å². The molecule has 2 saturated heterocycles. The predicted octanol–water partition coefficient (Wildman–Crippen LogP) is 2.70.